The van der Waals surface area contributed by atoms with Gasteiger partial charge >= 0.3 is 8.80 Å². The topological polar surface area (TPSA) is 46.2 Å². The molecule has 1 heterocycles. The molecule has 0 N–H and O–H groups in total. The van der Waals surface area contributed by atoms with E-state index in [0.717, 1.165) is 36.6 Å². The van der Waals surface area contributed by atoms with Crippen molar-refractivity contribution in [1.82, 2.24) is 0 Å². The van der Waals surface area contributed by atoms with Gasteiger partial charge in [-0.25, -0.2) is 0 Å². The van der Waals surface area contributed by atoms with Gasteiger partial charge in [-0.1, -0.05) is 13.0 Å². The Bertz CT molecular complexity index is 548. The molecule has 1 aromatic rings. The van der Waals surface area contributed by atoms with Crippen molar-refractivity contribution in [2.24, 2.45) is 0 Å². The van der Waals surface area contributed by atoms with E-state index in [1.165, 1.54) is 5.56 Å². The van der Waals surface area contributed by atoms with Crippen LogP contribution in [-0.2, 0) is 31.0 Å². The highest BCUT2D eigenvalue weighted by molar-refractivity contribution is 6.60. The molecule has 2 rings (SSSR count). The summed E-state index contributed by atoms with van der Waals surface area (Å²) in [4.78, 5) is 0. The summed E-state index contributed by atoms with van der Waals surface area (Å²) in [5, 5.41) is 0. The Labute approximate surface area is 159 Å². The number of benzene rings is 1. The predicted octanol–water partition coefficient (Wildman–Crippen LogP) is 4.70. The van der Waals surface area contributed by atoms with Crippen LogP contribution in [0, 0.1) is 0 Å². The van der Waals surface area contributed by atoms with Crippen LogP contribution in [0.3, 0.4) is 0 Å². The lowest BCUT2D eigenvalue weighted by Crippen LogP contribution is -2.46. The Morgan fingerprint density at radius 3 is 2.27 bits per heavy atom. The van der Waals surface area contributed by atoms with Crippen LogP contribution in [0.15, 0.2) is 18.2 Å². The lowest BCUT2D eigenvalue weighted by atomic mass is 10.1. The van der Waals surface area contributed by atoms with E-state index in [0.29, 0.717) is 26.4 Å². The quantitative estimate of drug-likeness (QED) is 0.519. The molecule has 0 aliphatic carbocycles. The molecule has 1 aliphatic heterocycles. The summed E-state index contributed by atoms with van der Waals surface area (Å²) in [6.45, 7) is 12.5. The fraction of sp³-hybridized carbons (Fsp3) is 0.700. The van der Waals surface area contributed by atoms with Crippen LogP contribution in [-0.4, -0.2) is 34.4 Å². The fourth-order valence-corrected chi connectivity index (χ4v) is 5.97. The van der Waals surface area contributed by atoms with Crippen molar-refractivity contribution in [3.8, 4) is 5.75 Å². The molecule has 6 heteroatoms. The zero-order chi connectivity index (χ0) is 19.0. The highest BCUT2D eigenvalue weighted by Gasteiger charge is 2.40. The third kappa shape index (κ3) is 5.54. The van der Waals surface area contributed by atoms with E-state index in [9.17, 15) is 0 Å². The standard InChI is InChI=1S/C20H34O5Si/c1-6-13-20(5)21-16-18-15-17(10-11-19(18)25-20)12-14-26(22-7-2,23-8-3)24-9-4/h10-11,15H,6-9,12-14,16H2,1-5H3. The average Bonchev–Trinajstić information content (AvgIpc) is 2.61. The van der Waals surface area contributed by atoms with E-state index in [1.807, 2.05) is 27.7 Å². The number of hydrogen-bond donors (Lipinski definition) is 0. The van der Waals surface area contributed by atoms with Gasteiger partial charge in [0.25, 0.3) is 0 Å². The molecular formula is C20H34O5Si. The van der Waals surface area contributed by atoms with E-state index in [4.69, 9.17) is 22.8 Å². The van der Waals surface area contributed by atoms with E-state index in [1.54, 1.807) is 0 Å². The maximum atomic E-state index is 6.09. The Balaban J connectivity index is 2.06. The van der Waals surface area contributed by atoms with Crippen LogP contribution in [0.5, 0.6) is 5.75 Å². The fourth-order valence-electron chi connectivity index (χ4n) is 3.37. The first kappa shape index (κ1) is 21.4. The summed E-state index contributed by atoms with van der Waals surface area (Å²) in [6.07, 6.45) is 2.77. The second-order valence-electron chi connectivity index (χ2n) is 6.70. The predicted molar refractivity (Wildman–Crippen MR) is 104 cm³/mol. The van der Waals surface area contributed by atoms with Crippen molar-refractivity contribution in [2.45, 2.75) is 72.3 Å². The second-order valence-corrected chi connectivity index (χ2v) is 9.43. The minimum atomic E-state index is -2.61. The molecule has 1 aliphatic rings. The SMILES string of the molecule is CCCC1(C)OCc2cc(CC[Si](OCC)(OCC)OCC)ccc2O1. The van der Waals surface area contributed by atoms with Crippen LogP contribution in [0.2, 0.25) is 6.04 Å². The van der Waals surface area contributed by atoms with E-state index in [-0.39, 0.29) is 0 Å². The number of hydrogen-bond acceptors (Lipinski definition) is 5. The van der Waals surface area contributed by atoms with Crippen LogP contribution in [0.1, 0.15) is 58.6 Å². The Morgan fingerprint density at radius 2 is 1.69 bits per heavy atom. The smallest absolute Gasteiger partial charge is 0.462 e. The Morgan fingerprint density at radius 1 is 1.04 bits per heavy atom. The summed E-state index contributed by atoms with van der Waals surface area (Å²) in [5.74, 6) is 0.420. The third-order valence-corrected chi connectivity index (χ3v) is 7.55. The lowest BCUT2D eigenvalue weighted by molar-refractivity contribution is -0.197. The monoisotopic (exact) mass is 382 g/mol. The van der Waals surface area contributed by atoms with Crippen LogP contribution >= 0.6 is 0 Å². The first-order valence-electron chi connectivity index (χ1n) is 9.86. The minimum Gasteiger partial charge on any atom is -0.462 e. The molecular weight excluding hydrogens is 348 g/mol. The Kier molecular flexibility index (Phi) is 8.10. The number of rotatable bonds is 11. The maximum Gasteiger partial charge on any atom is 0.501 e. The summed E-state index contributed by atoms with van der Waals surface area (Å²) in [7, 11) is -2.61. The average molecular weight is 383 g/mol. The van der Waals surface area contributed by atoms with Gasteiger partial charge in [0.05, 0.1) is 6.61 Å². The highest BCUT2D eigenvalue weighted by Crippen LogP contribution is 2.34. The van der Waals surface area contributed by atoms with Crippen LogP contribution in [0.25, 0.3) is 0 Å². The van der Waals surface area contributed by atoms with Gasteiger partial charge in [-0.15, -0.1) is 0 Å². The van der Waals surface area contributed by atoms with Gasteiger partial charge in [0, 0.05) is 44.8 Å². The van der Waals surface area contributed by atoms with Crippen LogP contribution in [0.4, 0.5) is 0 Å². The molecule has 0 amide bonds. The summed E-state index contributed by atoms with van der Waals surface area (Å²) in [5.41, 5.74) is 2.33. The van der Waals surface area contributed by atoms with Crippen molar-refractivity contribution in [3.05, 3.63) is 29.3 Å². The first-order chi connectivity index (χ1) is 12.5. The highest BCUT2D eigenvalue weighted by atomic mass is 28.4. The summed E-state index contributed by atoms with van der Waals surface area (Å²) >= 11 is 0. The molecule has 148 valence electrons. The molecule has 0 radical (unpaired) electrons. The lowest BCUT2D eigenvalue weighted by Gasteiger charge is -2.35. The molecule has 0 fully saturated rings. The van der Waals surface area contributed by atoms with Crippen molar-refractivity contribution < 1.29 is 22.8 Å². The summed E-state index contributed by atoms with van der Waals surface area (Å²) in [6, 6.07) is 7.13. The molecule has 0 saturated heterocycles. The zero-order valence-electron chi connectivity index (χ0n) is 16.9. The van der Waals surface area contributed by atoms with Gasteiger partial charge in [-0.3, -0.25) is 0 Å². The number of ether oxygens (including phenoxy) is 2. The first-order valence-corrected chi connectivity index (χ1v) is 11.8. The molecule has 1 unspecified atom stereocenters. The molecule has 0 saturated carbocycles. The number of aryl methyl sites for hydroxylation is 1. The molecule has 0 bridgehead atoms. The summed E-state index contributed by atoms with van der Waals surface area (Å²) < 4.78 is 29.9. The largest absolute Gasteiger partial charge is 0.501 e. The number of fused-ring (bicyclic) bond motifs is 1. The second kappa shape index (κ2) is 9.85. The van der Waals surface area contributed by atoms with Crippen molar-refractivity contribution in [3.63, 3.8) is 0 Å². The van der Waals surface area contributed by atoms with Crippen molar-refractivity contribution >= 4 is 8.80 Å². The van der Waals surface area contributed by atoms with Crippen molar-refractivity contribution in [1.29, 1.82) is 0 Å². The van der Waals surface area contributed by atoms with Crippen molar-refractivity contribution in [2.75, 3.05) is 19.8 Å². The van der Waals surface area contributed by atoms with Crippen LogP contribution < -0.4 is 4.74 Å². The molecule has 5 nitrogen and oxygen atoms in total. The van der Waals surface area contributed by atoms with Gasteiger partial charge < -0.3 is 22.8 Å². The van der Waals surface area contributed by atoms with Gasteiger partial charge in [0.15, 0.2) is 0 Å². The van der Waals surface area contributed by atoms with Gasteiger partial charge in [0.1, 0.15) is 5.75 Å². The maximum absolute atomic E-state index is 6.09. The normalized spacial score (nSPS) is 19.9. The van der Waals surface area contributed by atoms with Gasteiger partial charge in [-0.2, -0.15) is 0 Å². The van der Waals surface area contributed by atoms with E-state index in [2.05, 4.69) is 25.1 Å². The Hall–Kier alpha value is -0.923. The molecule has 1 aromatic carbocycles. The molecule has 0 spiro atoms. The molecule has 26 heavy (non-hydrogen) atoms. The third-order valence-electron chi connectivity index (χ3n) is 4.50. The molecule has 1 atom stereocenters. The van der Waals surface area contributed by atoms with E-state index < -0.39 is 14.6 Å². The van der Waals surface area contributed by atoms with Gasteiger partial charge in [-0.05, 0) is 51.3 Å². The van der Waals surface area contributed by atoms with E-state index >= 15 is 0 Å². The zero-order valence-corrected chi connectivity index (χ0v) is 17.9. The molecule has 0 aromatic heterocycles. The minimum absolute atomic E-state index is 0.510. The van der Waals surface area contributed by atoms with Gasteiger partial charge in [0.2, 0.25) is 5.79 Å².